The van der Waals surface area contributed by atoms with Crippen LogP contribution in [-0.4, -0.2) is 50.8 Å². The van der Waals surface area contributed by atoms with E-state index in [1.54, 1.807) is 7.11 Å². The number of methoxy groups -OCH3 is 1. The monoisotopic (exact) mass is 242 g/mol. The number of rotatable bonds is 7. The molecule has 1 aliphatic carbocycles. The number of ether oxygens (including phenoxy) is 1. The second-order valence-electron chi connectivity index (χ2n) is 5.29. The molecular formula is C14H30N2O. The maximum Gasteiger partial charge on any atom is 0.0589 e. The van der Waals surface area contributed by atoms with Gasteiger partial charge in [0.2, 0.25) is 0 Å². The highest BCUT2D eigenvalue weighted by Gasteiger charge is 2.31. The van der Waals surface area contributed by atoms with Crippen molar-refractivity contribution in [2.24, 2.45) is 5.92 Å². The van der Waals surface area contributed by atoms with Crippen molar-refractivity contribution in [1.29, 1.82) is 0 Å². The van der Waals surface area contributed by atoms with E-state index < -0.39 is 0 Å². The highest BCUT2D eigenvalue weighted by molar-refractivity contribution is 4.89. The van der Waals surface area contributed by atoms with Crippen LogP contribution in [0.15, 0.2) is 0 Å². The summed E-state index contributed by atoms with van der Waals surface area (Å²) in [5.41, 5.74) is 0. The second-order valence-corrected chi connectivity index (χ2v) is 5.29. The Morgan fingerprint density at radius 3 is 2.65 bits per heavy atom. The van der Waals surface area contributed by atoms with Crippen molar-refractivity contribution in [3.05, 3.63) is 0 Å². The smallest absolute Gasteiger partial charge is 0.0589 e. The number of likely N-dealkylation sites (N-methyl/N-ethyl adjacent to an activating group) is 2. The van der Waals surface area contributed by atoms with Crippen LogP contribution in [-0.2, 0) is 4.74 Å². The Morgan fingerprint density at radius 1 is 1.29 bits per heavy atom. The molecule has 1 fully saturated rings. The third-order valence-electron chi connectivity index (χ3n) is 4.18. The summed E-state index contributed by atoms with van der Waals surface area (Å²) in [7, 11) is 4.03. The molecule has 3 unspecified atom stereocenters. The normalized spacial score (nSPS) is 29.8. The van der Waals surface area contributed by atoms with E-state index in [4.69, 9.17) is 4.74 Å². The third-order valence-corrected chi connectivity index (χ3v) is 4.18. The van der Waals surface area contributed by atoms with Gasteiger partial charge in [-0.1, -0.05) is 20.3 Å². The average molecular weight is 242 g/mol. The van der Waals surface area contributed by atoms with Gasteiger partial charge in [0, 0.05) is 25.7 Å². The van der Waals surface area contributed by atoms with E-state index in [9.17, 15) is 0 Å². The molecule has 102 valence electrons. The highest BCUT2D eigenvalue weighted by atomic mass is 16.5. The fourth-order valence-electron chi connectivity index (χ4n) is 2.99. The van der Waals surface area contributed by atoms with Crippen molar-refractivity contribution >= 4 is 0 Å². The molecule has 17 heavy (non-hydrogen) atoms. The second kappa shape index (κ2) is 8.06. The van der Waals surface area contributed by atoms with Crippen LogP contribution < -0.4 is 5.32 Å². The first kappa shape index (κ1) is 14.9. The molecule has 0 heterocycles. The summed E-state index contributed by atoms with van der Waals surface area (Å²) in [4.78, 5) is 2.48. The van der Waals surface area contributed by atoms with Crippen molar-refractivity contribution < 1.29 is 4.74 Å². The van der Waals surface area contributed by atoms with E-state index in [-0.39, 0.29) is 0 Å². The number of hydrogen-bond acceptors (Lipinski definition) is 3. The fourth-order valence-corrected chi connectivity index (χ4v) is 2.99. The van der Waals surface area contributed by atoms with Gasteiger partial charge in [0.25, 0.3) is 0 Å². The zero-order chi connectivity index (χ0) is 12.7. The van der Waals surface area contributed by atoms with Crippen LogP contribution in [0.4, 0.5) is 0 Å². The quantitative estimate of drug-likeness (QED) is 0.740. The Hall–Kier alpha value is -0.120. The number of hydrogen-bond donors (Lipinski definition) is 1. The SMILES string of the molecule is CCNC1CCC(CC)CC1N(C)CCOC. The molecule has 0 bridgehead atoms. The topological polar surface area (TPSA) is 24.5 Å². The van der Waals surface area contributed by atoms with Crippen LogP contribution in [0.3, 0.4) is 0 Å². The number of nitrogens with zero attached hydrogens (tertiary/aromatic N) is 1. The average Bonchev–Trinajstić information content (AvgIpc) is 2.36. The molecule has 0 amide bonds. The molecule has 1 saturated carbocycles. The van der Waals surface area contributed by atoms with E-state index in [0.717, 1.165) is 25.6 Å². The predicted molar refractivity (Wildman–Crippen MR) is 73.4 cm³/mol. The molecule has 0 aliphatic heterocycles. The Bertz CT molecular complexity index is 199. The van der Waals surface area contributed by atoms with Gasteiger partial charge >= 0.3 is 0 Å². The van der Waals surface area contributed by atoms with E-state index in [1.165, 1.54) is 25.7 Å². The van der Waals surface area contributed by atoms with E-state index in [0.29, 0.717) is 12.1 Å². The molecule has 3 heteroatoms. The molecule has 0 aromatic heterocycles. The minimum absolute atomic E-state index is 0.671. The van der Waals surface area contributed by atoms with Crippen LogP contribution in [0.5, 0.6) is 0 Å². The lowest BCUT2D eigenvalue weighted by molar-refractivity contribution is 0.0869. The highest BCUT2D eigenvalue weighted by Crippen LogP contribution is 2.29. The van der Waals surface area contributed by atoms with Crippen LogP contribution in [0.2, 0.25) is 0 Å². The molecule has 0 aromatic carbocycles. The van der Waals surface area contributed by atoms with Gasteiger partial charge in [-0.25, -0.2) is 0 Å². The lowest BCUT2D eigenvalue weighted by Crippen LogP contribution is -2.52. The van der Waals surface area contributed by atoms with Gasteiger partial charge in [0.15, 0.2) is 0 Å². The third kappa shape index (κ3) is 4.57. The summed E-state index contributed by atoms with van der Waals surface area (Å²) >= 11 is 0. The predicted octanol–water partition coefficient (Wildman–Crippen LogP) is 2.12. The summed E-state index contributed by atoms with van der Waals surface area (Å²) in [6.45, 7) is 7.49. The van der Waals surface area contributed by atoms with Gasteiger partial charge in [-0.2, -0.15) is 0 Å². The van der Waals surface area contributed by atoms with E-state index in [2.05, 4.69) is 31.1 Å². The first-order chi connectivity index (χ1) is 8.22. The number of nitrogens with one attached hydrogen (secondary N) is 1. The Labute approximate surface area is 107 Å². The van der Waals surface area contributed by atoms with Gasteiger partial charge in [0.05, 0.1) is 6.61 Å². The van der Waals surface area contributed by atoms with Gasteiger partial charge < -0.3 is 10.1 Å². The summed E-state index contributed by atoms with van der Waals surface area (Å²) in [6, 6.07) is 1.36. The van der Waals surface area contributed by atoms with Crippen LogP contribution in [0.25, 0.3) is 0 Å². The molecule has 3 nitrogen and oxygen atoms in total. The Morgan fingerprint density at radius 2 is 2.06 bits per heavy atom. The summed E-state index contributed by atoms with van der Waals surface area (Å²) in [5.74, 6) is 0.917. The van der Waals surface area contributed by atoms with E-state index in [1.807, 2.05) is 0 Å². The van der Waals surface area contributed by atoms with Crippen molar-refractivity contribution in [2.45, 2.75) is 51.6 Å². The molecule has 1 rings (SSSR count). The lowest BCUT2D eigenvalue weighted by Gasteiger charge is -2.41. The molecular weight excluding hydrogens is 212 g/mol. The first-order valence-electron chi connectivity index (χ1n) is 7.15. The molecule has 0 spiro atoms. The molecule has 0 aromatic rings. The van der Waals surface area contributed by atoms with Crippen LogP contribution in [0, 0.1) is 5.92 Å². The van der Waals surface area contributed by atoms with Crippen molar-refractivity contribution in [2.75, 3.05) is 33.9 Å². The van der Waals surface area contributed by atoms with Crippen LogP contribution in [0.1, 0.15) is 39.5 Å². The van der Waals surface area contributed by atoms with Gasteiger partial charge in [0.1, 0.15) is 0 Å². The minimum Gasteiger partial charge on any atom is -0.383 e. The van der Waals surface area contributed by atoms with Crippen molar-refractivity contribution in [3.8, 4) is 0 Å². The largest absolute Gasteiger partial charge is 0.383 e. The van der Waals surface area contributed by atoms with E-state index >= 15 is 0 Å². The first-order valence-corrected chi connectivity index (χ1v) is 7.15. The summed E-state index contributed by atoms with van der Waals surface area (Å²) in [6.07, 6.45) is 5.39. The van der Waals surface area contributed by atoms with Crippen molar-refractivity contribution in [1.82, 2.24) is 10.2 Å². The van der Waals surface area contributed by atoms with Gasteiger partial charge in [-0.05, 0) is 38.8 Å². The van der Waals surface area contributed by atoms with Gasteiger partial charge in [-0.15, -0.1) is 0 Å². The molecule has 0 saturated heterocycles. The molecule has 1 aliphatic rings. The summed E-state index contributed by atoms with van der Waals surface area (Å²) in [5, 5.41) is 3.65. The minimum atomic E-state index is 0.671. The van der Waals surface area contributed by atoms with Crippen LogP contribution >= 0.6 is 0 Å². The fraction of sp³-hybridized carbons (Fsp3) is 1.00. The van der Waals surface area contributed by atoms with Gasteiger partial charge in [-0.3, -0.25) is 4.90 Å². The molecule has 1 N–H and O–H groups in total. The zero-order valence-electron chi connectivity index (χ0n) is 12.0. The standard InChI is InChI=1S/C14H30N2O/c1-5-12-7-8-13(15-6-2)14(11-12)16(3)9-10-17-4/h12-15H,5-11H2,1-4H3. The maximum absolute atomic E-state index is 5.19. The zero-order valence-corrected chi connectivity index (χ0v) is 12.0. The maximum atomic E-state index is 5.19. The molecule has 0 radical (unpaired) electrons. The molecule has 3 atom stereocenters. The Kier molecular flexibility index (Phi) is 7.09. The summed E-state index contributed by atoms with van der Waals surface area (Å²) < 4.78 is 5.19. The Balaban J connectivity index is 2.52. The lowest BCUT2D eigenvalue weighted by atomic mass is 9.80. The van der Waals surface area contributed by atoms with Crippen molar-refractivity contribution in [3.63, 3.8) is 0 Å².